The van der Waals surface area contributed by atoms with E-state index in [1.807, 2.05) is 0 Å². The molecule has 0 spiro atoms. The Hall–Kier alpha value is -1.45. The van der Waals surface area contributed by atoms with Gasteiger partial charge in [-0.25, -0.2) is 4.98 Å². The average molecular weight is 210 g/mol. The number of amides is 1. The quantitative estimate of drug-likeness (QED) is 0.713. The van der Waals surface area contributed by atoms with Crippen LogP contribution in [0.15, 0.2) is 18.2 Å². The van der Waals surface area contributed by atoms with E-state index in [2.05, 4.69) is 11.9 Å². The molecule has 15 heavy (non-hydrogen) atoms. The number of aromatic nitrogens is 1. The third-order valence-corrected chi connectivity index (χ3v) is 2.13. The highest BCUT2D eigenvalue weighted by Gasteiger charge is 2.12. The third kappa shape index (κ3) is 3.31. The van der Waals surface area contributed by atoms with Crippen molar-refractivity contribution in [3.63, 3.8) is 0 Å². The van der Waals surface area contributed by atoms with Crippen molar-refractivity contribution in [3.8, 4) is 0 Å². The number of carbonyl (C=O) groups excluding carboxylic acids is 1. The van der Waals surface area contributed by atoms with Gasteiger partial charge in [-0.15, -0.1) is 0 Å². The summed E-state index contributed by atoms with van der Waals surface area (Å²) < 4.78 is 12.8. The van der Waals surface area contributed by atoms with Crippen LogP contribution in [0.3, 0.4) is 0 Å². The van der Waals surface area contributed by atoms with E-state index in [9.17, 15) is 9.18 Å². The lowest BCUT2D eigenvalue weighted by molar-refractivity contribution is 0.0786. The van der Waals surface area contributed by atoms with Crippen LogP contribution >= 0.6 is 0 Å². The van der Waals surface area contributed by atoms with Crippen LogP contribution in [0.2, 0.25) is 0 Å². The number of unbranched alkanes of at least 4 members (excludes halogenated alkanes) is 1. The van der Waals surface area contributed by atoms with Gasteiger partial charge in [0.2, 0.25) is 5.95 Å². The second kappa shape index (κ2) is 5.44. The Kier molecular flexibility index (Phi) is 4.21. The Bertz CT molecular complexity index is 341. The molecule has 0 saturated carbocycles. The molecule has 0 fully saturated rings. The Morgan fingerprint density at radius 2 is 2.27 bits per heavy atom. The zero-order valence-corrected chi connectivity index (χ0v) is 9.03. The molecule has 1 aromatic rings. The SMILES string of the molecule is CCCCN(C)C(=O)c1cccc(F)n1. The Balaban J connectivity index is 2.67. The van der Waals surface area contributed by atoms with Crippen LogP contribution in [0.4, 0.5) is 4.39 Å². The lowest BCUT2D eigenvalue weighted by Crippen LogP contribution is -2.28. The third-order valence-electron chi connectivity index (χ3n) is 2.13. The maximum atomic E-state index is 12.8. The molecular formula is C11H15FN2O. The van der Waals surface area contributed by atoms with Gasteiger partial charge in [0.15, 0.2) is 0 Å². The van der Waals surface area contributed by atoms with Gasteiger partial charge in [0.1, 0.15) is 5.69 Å². The Morgan fingerprint density at radius 3 is 2.87 bits per heavy atom. The predicted molar refractivity (Wildman–Crippen MR) is 56.1 cm³/mol. The summed E-state index contributed by atoms with van der Waals surface area (Å²) in [5, 5.41) is 0. The molecule has 0 bridgehead atoms. The summed E-state index contributed by atoms with van der Waals surface area (Å²) in [5.41, 5.74) is 0.161. The molecule has 0 aromatic carbocycles. The van der Waals surface area contributed by atoms with E-state index in [0.717, 1.165) is 12.8 Å². The summed E-state index contributed by atoms with van der Waals surface area (Å²) in [5.74, 6) is -0.854. The van der Waals surface area contributed by atoms with Crippen LogP contribution in [0, 0.1) is 5.95 Å². The summed E-state index contributed by atoms with van der Waals surface area (Å²) in [6, 6.07) is 4.24. The Labute approximate surface area is 88.9 Å². The van der Waals surface area contributed by atoms with E-state index in [1.165, 1.54) is 18.2 Å². The maximum Gasteiger partial charge on any atom is 0.272 e. The molecule has 1 rings (SSSR count). The molecule has 0 unspecified atom stereocenters. The zero-order valence-electron chi connectivity index (χ0n) is 9.03. The van der Waals surface area contributed by atoms with Crippen molar-refractivity contribution < 1.29 is 9.18 Å². The predicted octanol–water partition coefficient (Wildman–Crippen LogP) is 2.09. The standard InChI is InChI=1S/C11H15FN2O/c1-3-4-8-14(2)11(15)9-6-5-7-10(12)13-9/h5-7H,3-4,8H2,1-2H3. The van der Waals surface area contributed by atoms with Crippen LogP contribution in [0.25, 0.3) is 0 Å². The molecule has 0 saturated heterocycles. The highest BCUT2D eigenvalue weighted by Crippen LogP contribution is 2.03. The molecule has 0 aliphatic heterocycles. The van der Waals surface area contributed by atoms with Gasteiger partial charge in [-0.05, 0) is 18.6 Å². The molecule has 1 amide bonds. The molecule has 0 aliphatic carbocycles. The minimum atomic E-state index is -0.621. The number of hydrogen-bond acceptors (Lipinski definition) is 2. The number of hydrogen-bond donors (Lipinski definition) is 0. The molecule has 1 heterocycles. The van der Waals surface area contributed by atoms with Gasteiger partial charge in [0, 0.05) is 13.6 Å². The van der Waals surface area contributed by atoms with E-state index in [1.54, 1.807) is 11.9 Å². The van der Waals surface area contributed by atoms with Crippen molar-refractivity contribution in [3.05, 3.63) is 29.8 Å². The fourth-order valence-electron chi connectivity index (χ4n) is 1.22. The first-order valence-electron chi connectivity index (χ1n) is 5.03. The molecule has 4 heteroatoms. The summed E-state index contributed by atoms with van der Waals surface area (Å²) >= 11 is 0. The van der Waals surface area contributed by atoms with Crippen molar-refractivity contribution in [1.29, 1.82) is 0 Å². The summed E-state index contributed by atoms with van der Waals surface area (Å²) in [6.45, 7) is 2.73. The van der Waals surface area contributed by atoms with Gasteiger partial charge in [0.05, 0.1) is 0 Å². The van der Waals surface area contributed by atoms with Crippen molar-refractivity contribution in [2.24, 2.45) is 0 Å². The number of rotatable bonds is 4. The van der Waals surface area contributed by atoms with Crippen molar-refractivity contribution in [1.82, 2.24) is 9.88 Å². The van der Waals surface area contributed by atoms with Gasteiger partial charge in [-0.3, -0.25) is 4.79 Å². The van der Waals surface area contributed by atoms with Gasteiger partial charge in [0.25, 0.3) is 5.91 Å². The molecule has 3 nitrogen and oxygen atoms in total. The number of carbonyl (C=O) groups is 1. The highest BCUT2D eigenvalue weighted by atomic mass is 19.1. The maximum absolute atomic E-state index is 12.8. The molecular weight excluding hydrogens is 195 g/mol. The smallest absolute Gasteiger partial charge is 0.272 e. The lowest BCUT2D eigenvalue weighted by Gasteiger charge is -2.15. The van der Waals surface area contributed by atoms with E-state index in [4.69, 9.17) is 0 Å². The lowest BCUT2D eigenvalue weighted by atomic mass is 10.3. The van der Waals surface area contributed by atoms with Crippen LogP contribution in [0.1, 0.15) is 30.3 Å². The second-order valence-electron chi connectivity index (χ2n) is 3.43. The van der Waals surface area contributed by atoms with E-state index >= 15 is 0 Å². The topological polar surface area (TPSA) is 33.2 Å². The van der Waals surface area contributed by atoms with Crippen LogP contribution in [-0.2, 0) is 0 Å². The minimum Gasteiger partial charge on any atom is -0.340 e. The summed E-state index contributed by atoms with van der Waals surface area (Å²) in [6.07, 6.45) is 1.96. The molecule has 0 radical (unpaired) electrons. The summed E-state index contributed by atoms with van der Waals surface area (Å²) in [7, 11) is 1.70. The highest BCUT2D eigenvalue weighted by molar-refractivity contribution is 5.92. The van der Waals surface area contributed by atoms with Crippen LogP contribution in [0.5, 0.6) is 0 Å². The zero-order chi connectivity index (χ0) is 11.3. The Morgan fingerprint density at radius 1 is 1.53 bits per heavy atom. The average Bonchev–Trinajstić information content (AvgIpc) is 2.24. The van der Waals surface area contributed by atoms with Gasteiger partial charge in [-0.1, -0.05) is 19.4 Å². The normalized spacial score (nSPS) is 10.1. The van der Waals surface area contributed by atoms with Crippen LogP contribution < -0.4 is 0 Å². The van der Waals surface area contributed by atoms with E-state index < -0.39 is 5.95 Å². The monoisotopic (exact) mass is 210 g/mol. The van der Waals surface area contributed by atoms with Gasteiger partial charge >= 0.3 is 0 Å². The molecule has 0 aliphatic rings. The first-order chi connectivity index (χ1) is 7.15. The minimum absolute atomic E-state index is 0.161. The van der Waals surface area contributed by atoms with E-state index in [0.29, 0.717) is 6.54 Å². The summed E-state index contributed by atoms with van der Waals surface area (Å²) in [4.78, 5) is 16.8. The van der Waals surface area contributed by atoms with Crippen molar-refractivity contribution >= 4 is 5.91 Å². The number of pyridine rings is 1. The van der Waals surface area contributed by atoms with Crippen LogP contribution in [-0.4, -0.2) is 29.4 Å². The molecule has 1 aromatic heterocycles. The molecule has 0 atom stereocenters. The van der Waals surface area contributed by atoms with E-state index in [-0.39, 0.29) is 11.6 Å². The largest absolute Gasteiger partial charge is 0.340 e. The molecule has 82 valence electrons. The fourth-order valence-corrected chi connectivity index (χ4v) is 1.22. The number of nitrogens with zero attached hydrogens (tertiary/aromatic N) is 2. The van der Waals surface area contributed by atoms with Gasteiger partial charge < -0.3 is 4.90 Å². The first-order valence-corrected chi connectivity index (χ1v) is 5.03. The number of halogens is 1. The fraction of sp³-hybridized carbons (Fsp3) is 0.455. The molecule has 0 N–H and O–H groups in total. The first kappa shape index (κ1) is 11.6. The van der Waals surface area contributed by atoms with Crippen molar-refractivity contribution in [2.45, 2.75) is 19.8 Å². The van der Waals surface area contributed by atoms with Gasteiger partial charge in [-0.2, -0.15) is 4.39 Å². The second-order valence-corrected chi connectivity index (χ2v) is 3.43. The van der Waals surface area contributed by atoms with Crippen molar-refractivity contribution in [2.75, 3.05) is 13.6 Å².